The SMILES string of the molecule is C=C(c1nn[nH]n1)[N+](=O)[O-]. The van der Waals surface area contributed by atoms with Gasteiger partial charge in [-0.1, -0.05) is 0 Å². The maximum Gasteiger partial charge on any atom is 0.310 e. The Hall–Kier alpha value is -1.79. The molecule has 0 aliphatic rings. The Morgan fingerprint density at radius 1 is 1.80 bits per heavy atom. The predicted octanol–water partition coefficient (Wildman–Crippen LogP) is -0.553. The van der Waals surface area contributed by atoms with Crippen LogP contribution in [0.1, 0.15) is 5.82 Å². The van der Waals surface area contributed by atoms with Crippen LogP contribution in [0.15, 0.2) is 6.58 Å². The van der Waals surface area contributed by atoms with Crippen molar-refractivity contribution in [3.8, 4) is 0 Å². The summed E-state index contributed by atoms with van der Waals surface area (Å²) >= 11 is 0. The van der Waals surface area contributed by atoms with Crippen molar-refractivity contribution >= 4 is 5.70 Å². The Balaban J connectivity index is 2.88. The lowest BCUT2D eigenvalue weighted by atomic mass is 10.5. The number of aromatic amines is 1. The fourth-order valence-corrected chi connectivity index (χ4v) is 0.366. The molecule has 1 aromatic rings. The third kappa shape index (κ3) is 0.966. The van der Waals surface area contributed by atoms with Crippen molar-refractivity contribution in [2.75, 3.05) is 0 Å². The van der Waals surface area contributed by atoms with Gasteiger partial charge in [0.1, 0.15) is 0 Å². The van der Waals surface area contributed by atoms with E-state index >= 15 is 0 Å². The van der Waals surface area contributed by atoms with E-state index in [1.165, 1.54) is 0 Å². The van der Waals surface area contributed by atoms with Gasteiger partial charge < -0.3 is 0 Å². The monoisotopic (exact) mass is 141 g/mol. The standard InChI is InChI=1S/C3H3N5O2/c1-2(8(9)10)3-4-6-7-5-3/h1H2,(H,4,5,6,7). The summed E-state index contributed by atoms with van der Waals surface area (Å²) in [6.07, 6.45) is 0. The highest BCUT2D eigenvalue weighted by Crippen LogP contribution is 2.02. The molecule has 0 spiro atoms. The van der Waals surface area contributed by atoms with Crippen LogP contribution in [-0.2, 0) is 0 Å². The van der Waals surface area contributed by atoms with Gasteiger partial charge >= 0.3 is 5.70 Å². The fraction of sp³-hybridized carbons (Fsp3) is 0. The van der Waals surface area contributed by atoms with Crippen LogP contribution in [0.3, 0.4) is 0 Å². The van der Waals surface area contributed by atoms with E-state index in [4.69, 9.17) is 0 Å². The van der Waals surface area contributed by atoms with Crippen LogP contribution in [0, 0.1) is 10.1 Å². The first-order chi connectivity index (χ1) is 4.72. The van der Waals surface area contributed by atoms with Gasteiger partial charge in [0.15, 0.2) is 0 Å². The van der Waals surface area contributed by atoms with E-state index < -0.39 is 4.92 Å². The maximum atomic E-state index is 9.98. The number of tetrazole rings is 1. The van der Waals surface area contributed by atoms with E-state index in [9.17, 15) is 10.1 Å². The Labute approximate surface area is 54.9 Å². The van der Waals surface area contributed by atoms with Gasteiger partial charge in [0.25, 0.3) is 5.82 Å². The summed E-state index contributed by atoms with van der Waals surface area (Å²) in [5.41, 5.74) is -0.367. The summed E-state index contributed by atoms with van der Waals surface area (Å²) in [6.45, 7) is 3.11. The highest BCUT2D eigenvalue weighted by atomic mass is 16.6. The fourth-order valence-electron chi connectivity index (χ4n) is 0.366. The molecule has 0 radical (unpaired) electrons. The third-order valence-electron chi connectivity index (χ3n) is 0.824. The average Bonchev–Trinajstić information content (AvgIpc) is 2.36. The Kier molecular flexibility index (Phi) is 1.40. The molecule has 0 aliphatic carbocycles. The van der Waals surface area contributed by atoms with Gasteiger partial charge in [-0.05, 0) is 11.8 Å². The molecule has 0 amide bonds. The number of hydrogen-bond acceptors (Lipinski definition) is 5. The number of nitrogens with zero attached hydrogens (tertiary/aromatic N) is 4. The van der Waals surface area contributed by atoms with Crippen LogP contribution in [0.2, 0.25) is 0 Å². The van der Waals surface area contributed by atoms with Gasteiger partial charge in [0.05, 0.1) is 4.92 Å². The largest absolute Gasteiger partial charge is 0.310 e. The second-order valence-corrected chi connectivity index (χ2v) is 1.44. The van der Waals surface area contributed by atoms with Gasteiger partial charge in [-0.25, -0.2) is 0 Å². The van der Waals surface area contributed by atoms with Crippen LogP contribution in [0.5, 0.6) is 0 Å². The van der Waals surface area contributed by atoms with E-state index in [0.717, 1.165) is 0 Å². The van der Waals surface area contributed by atoms with Gasteiger partial charge in [0.2, 0.25) is 0 Å². The molecule has 52 valence electrons. The first kappa shape index (κ1) is 6.33. The molecule has 1 heterocycles. The molecule has 1 rings (SSSR count). The van der Waals surface area contributed by atoms with Crippen molar-refractivity contribution in [1.82, 2.24) is 20.6 Å². The van der Waals surface area contributed by atoms with Crippen molar-refractivity contribution in [3.63, 3.8) is 0 Å². The smallest absolute Gasteiger partial charge is 0.258 e. The van der Waals surface area contributed by atoms with E-state index in [0.29, 0.717) is 0 Å². The Bertz CT molecular complexity index is 252. The number of H-pyrrole nitrogens is 1. The number of hydrogen-bond donors (Lipinski definition) is 1. The summed E-state index contributed by atoms with van der Waals surface area (Å²) in [4.78, 5) is 9.31. The minimum absolute atomic E-state index is 0.0926. The van der Waals surface area contributed by atoms with Crippen LogP contribution in [-0.4, -0.2) is 25.5 Å². The summed E-state index contributed by atoms with van der Waals surface area (Å²) in [5, 5.41) is 21.9. The maximum absolute atomic E-state index is 9.98. The highest BCUT2D eigenvalue weighted by Gasteiger charge is 2.14. The summed E-state index contributed by atoms with van der Waals surface area (Å²) < 4.78 is 0. The third-order valence-corrected chi connectivity index (χ3v) is 0.824. The highest BCUT2D eigenvalue weighted by molar-refractivity contribution is 5.46. The van der Waals surface area contributed by atoms with Crippen molar-refractivity contribution < 1.29 is 4.92 Å². The molecule has 1 aromatic heterocycles. The minimum atomic E-state index is -0.676. The molecule has 7 heteroatoms. The molecular formula is C3H3N5O2. The van der Waals surface area contributed by atoms with Gasteiger partial charge in [-0.15, -0.1) is 10.2 Å². The van der Waals surface area contributed by atoms with Gasteiger partial charge in [0, 0.05) is 0 Å². The molecule has 7 nitrogen and oxygen atoms in total. The molecule has 0 unspecified atom stereocenters. The second kappa shape index (κ2) is 2.21. The Morgan fingerprint density at radius 2 is 2.50 bits per heavy atom. The van der Waals surface area contributed by atoms with E-state index in [1.54, 1.807) is 0 Å². The first-order valence-electron chi connectivity index (χ1n) is 2.29. The predicted molar refractivity (Wildman–Crippen MR) is 30.2 cm³/mol. The number of aromatic nitrogens is 4. The van der Waals surface area contributed by atoms with E-state index in [1.807, 2.05) is 0 Å². The topological polar surface area (TPSA) is 97.6 Å². The van der Waals surface area contributed by atoms with Crippen molar-refractivity contribution in [2.45, 2.75) is 0 Å². The normalized spacial score (nSPS) is 9.20. The lowest BCUT2D eigenvalue weighted by Crippen LogP contribution is -1.97. The average molecular weight is 141 g/mol. The van der Waals surface area contributed by atoms with E-state index in [-0.39, 0.29) is 11.5 Å². The molecule has 0 saturated carbocycles. The number of rotatable bonds is 2. The lowest BCUT2D eigenvalue weighted by Gasteiger charge is -1.84. The Morgan fingerprint density at radius 3 is 2.90 bits per heavy atom. The molecule has 0 fully saturated rings. The van der Waals surface area contributed by atoms with Crippen LogP contribution < -0.4 is 0 Å². The second-order valence-electron chi connectivity index (χ2n) is 1.44. The quantitative estimate of drug-likeness (QED) is 0.440. The van der Waals surface area contributed by atoms with Crippen LogP contribution >= 0.6 is 0 Å². The lowest BCUT2D eigenvalue weighted by molar-refractivity contribution is -0.375. The van der Waals surface area contributed by atoms with Crippen LogP contribution in [0.25, 0.3) is 5.70 Å². The molecule has 0 bridgehead atoms. The zero-order chi connectivity index (χ0) is 7.56. The zero-order valence-corrected chi connectivity index (χ0v) is 4.81. The molecule has 0 saturated heterocycles. The molecule has 10 heavy (non-hydrogen) atoms. The molecular weight excluding hydrogens is 138 g/mol. The van der Waals surface area contributed by atoms with Crippen LogP contribution in [0.4, 0.5) is 0 Å². The minimum Gasteiger partial charge on any atom is -0.258 e. The molecule has 1 N–H and O–H groups in total. The van der Waals surface area contributed by atoms with Gasteiger partial charge in [-0.3, -0.25) is 10.1 Å². The van der Waals surface area contributed by atoms with Crippen molar-refractivity contribution in [3.05, 3.63) is 22.5 Å². The van der Waals surface area contributed by atoms with Crippen molar-refractivity contribution in [1.29, 1.82) is 0 Å². The first-order valence-corrected chi connectivity index (χ1v) is 2.29. The molecule has 0 aliphatic heterocycles. The molecule has 0 aromatic carbocycles. The number of nitrogens with one attached hydrogen (secondary N) is 1. The molecule has 0 atom stereocenters. The van der Waals surface area contributed by atoms with Crippen molar-refractivity contribution in [2.24, 2.45) is 0 Å². The van der Waals surface area contributed by atoms with Gasteiger partial charge in [-0.2, -0.15) is 5.21 Å². The summed E-state index contributed by atoms with van der Waals surface area (Å²) in [6, 6.07) is 0. The summed E-state index contributed by atoms with van der Waals surface area (Å²) in [5.74, 6) is -0.0926. The van der Waals surface area contributed by atoms with E-state index in [2.05, 4.69) is 27.2 Å². The summed E-state index contributed by atoms with van der Waals surface area (Å²) in [7, 11) is 0. The zero-order valence-electron chi connectivity index (χ0n) is 4.81. The number of nitro groups is 1.